The molecule has 33 heavy (non-hydrogen) atoms. The summed E-state index contributed by atoms with van der Waals surface area (Å²) in [7, 11) is 3.27. The number of nitrogens with zero attached hydrogens (tertiary/aromatic N) is 1. The van der Waals surface area contributed by atoms with Gasteiger partial charge in [0, 0.05) is 29.8 Å². The number of para-hydroxylation sites is 1. The van der Waals surface area contributed by atoms with Crippen LogP contribution in [-0.4, -0.2) is 35.9 Å². The van der Waals surface area contributed by atoms with E-state index in [-0.39, 0.29) is 18.2 Å². The van der Waals surface area contributed by atoms with E-state index in [0.29, 0.717) is 11.4 Å². The zero-order valence-corrected chi connectivity index (χ0v) is 19.0. The zero-order chi connectivity index (χ0) is 23.4. The van der Waals surface area contributed by atoms with Crippen molar-refractivity contribution in [1.29, 1.82) is 0 Å². The van der Waals surface area contributed by atoms with Gasteiger partial charge in [0.05, 0.1) is 13.5 Å². The van der Waals surface area contributed by atoms with Crippen LogP contribution in [0, 0.1) is 6.92 Å². The fourth-order valence-electron chi connectivity index (χ4n) is 3.89. The number of aromatic amines is 1. The maximum atomic E-state index is 13.4. The Morgan fingerprint density at radius 1 is 1.00 bits per heavy atom. The van der Waals surface area contributed by atoms with Crippen molar-refractivity contribution in [2.75, 3.05) is 19.5 Å². The Hall–Kier alpha value is -4.06. The second-order valence-corrected chi connectivity index (χ2v) is 8.07. The van der Waals surface area contributed by atoms with Gasteiger partial charge in [-0.3, -0.25) is 9.59 Å². The Labute approximate surface area is 193 Å². The second-order valence-electron chi connectivity index (χ2n) is 8.07. The Morgan fingerprint density at radius 2 is 1.70 bits per heavy atom. The lowest BCUT2D eigenvalue weighted by atomic mass is 10.0. The third kappa shape index (κ3) is 4.90. The molecular formula is C27H27N3O3. The molecule has 6 nitrogen and oxygen atoms in total. The van der Waals surface area contributed by atoms with Crippen molar-refractivity contribution in [2.45, 2.75) is 19.4 Å². The number of aryl methyl sites for hydroxylation is 1. The summed E-state index contributed by atoms with van der Waals surface area (Å²) in [5, 5.41) is 3.94. The van der Waals surface area contributed by atoms with Gasteiger partial charge < -0.3 is 19.9 Å². The molecule has 0 spiro atoms. The summed E-state index contributed by atoms with van der Waals surface area (Å²) in [6.07, 6.45) is 2.05. The van der Waals surface area contributed by atoms with E-state index in [9.17, 15) is 9.59 Å². The number of aromatic nitrogens is 1. The molecule has 2 N–H and O–H groups in total. The van der Waals surface area contributed by atoms with Crippen LogP contribution < -0.4 is 10.1 Å². The number of hydrogen-bond acceptors (Lipinski definition) is 3. The Morgan fingerprint density at radius 3 is 2.39 bits per heavy atom. The van der Waals surface area contributed by atoms with Crippen molar-refractivity contribution in [1.82, 2.24) is 9.88 Å². The van der Waals surface area contributed by atoms with Crippen LogP contribution in [0.1, 0.15) is 22.7 Å². The number of rotatable bonds is 7. The highest BCUT2D eigenvalue weighted by Gasteiger charge is 2.29. The highest BCUT2D eigenvalue weighted by atomic mass is 16.5. The molecule has 168 valence electrons. The molecule has 0 saturated heterocycles. The standard InChI is InChI=1S/C27H27N3O3/c1-18-8-10-19(11-9-18)26(27(32)29-21-12-14-22(33-3)15-13-21)30(2)25(31)16-20-17-28-24-7-5-4-6-23(20)24/h4-15,17,26,28H,16H2,1-3H3,(H,29,32)/t26-/m1/s1. The minimum absolute atomic E-state index is 0.143. The predicted octanol–water partition coefficient (Wildman–Crippen LogP) is 4.87. The molecule has 4 rings (SSSR count). The average molecular weight is 442 g/mol. The molecule has 2 amide bonds. The number of likely N-dealkylation sites (N-methyl/N-ethyl adjacent to an activating group) is 1. The van der Waals surface area contributed by atoms with E-state index in [1.807, 2.05) is 61.7 Å². The summed E-state index contributed by atoms with van der Waals surface area (Å²) in [4.78, 5) is 31.4. The molecule has 0 aliphatic carbocycles. The quantitative estimate of drug-likeness (QED) is 0.430. The number of anilines is 1. The van der Waals surface area contributed by atoms with Crippen LogP contribution in [0.5, 0.6) is 5.75 Å². The van der Waals surface area contributed by atoms with Crippen molar-refractivity contribution in [3.05, 3.63) is 95.7 Å². The van der Waals surface area contributed by atoms with Crippen molar-refractivity contribution in [3.8, 4) is 5.75 Å². The number of nitrogens with one attached hydrogen (secondary N) is 2. The van der Waals surface area contributed by atoms with Gasteiger partial charge in [0.15, 0.2) is 0 Å². The number of methoxy groups -OCH3 is 1. The molecule has 0 unspecified atom stereocenters. The minimum atomic E-state index is -0.773. The summed E-state index contributed by atoms with van der Waals surface area (Å²) in [5.74, 6) is 0.281. The van der Waals surface area contributed by atoms with Gasteiger partial charge in [-0.1, -0.05) is 48.0 Å². The molecule has 1 aromatic heterocycles. The molecule has 6 heteroatoms. The summed E-state index contributed by atoms with van der Waals surface area (Å²) in [5.41, 5.74) is 4.36. The molecule has 0 saturated carbocycles. The normalized spacial score (nSPS) is 11.7. The molecule has 0 aliphatic heterocycles. The molecule has 0 bridgehead atoms. The Kier molecular flexibility index (Phi) is 6.45. The number of H-pyrrole nitrogens is 1. The lowest BCUT2D eigenvalue weighted by Gasteiger charge is -2.28. The maximum absolute atomic E-state index is 13.4. The second kappa shape index (κ2) is 9.61. The molecule has 1 heterocycles. The van der Waals surface area contributed by atoms with Crippen molar-refractivity contribution in [2.24, 2.45) is 0 Å². The fourth-order valence-corrected chi connectivity index (χ4v) is 3.89. The van der Waals surface area contributed by atoms with E-state index in [1.54, 1.807) is 38.4 Å². The van der Waals surface area contributed by atoms with Crippen LogP contribution in [0.15, 0.2) is 79.0 Å². The summed E-state index contributed by atoms with van der Waals surface area (Å²) in [6, 6.07) is 21.9. The van der Waals surface area contributed by atoms with Crippen LogP contribution >= 0.6 is 0 Å². The third-order valence-corrected chi connectivity index (χ3v) is 5.80. The van der Waals surface area contributed by atoms with Crippen molar-refractivity contribution < 1.29 is 14.3 Å². The van der Waals surface area contributed by atoms with Crippen molar-refractivity contribution in [3.63, 3.8) is 0 Å². The number of hydrogen-bond donors (Lipinski definition) is 2. The molecule has 0 fully saturated rings. The van der Waals surface area contributed by atoms with Gasteiger partial charge in [0.2, 0.25) is 5.91 Å². The summed E-state index contributed by atoms with van der Waals surface area (Å²) >= 11 is 0. The molecule has 3 aromatic carbocycles. The lowest BCUT2D eigenvalue weighted by Crippen LogP contribution is -2.39. The van der Waals surface area contributed by atoms with Crippen molar-refractivity contribution >= 4 is 28.4 Å². The minimum Gasteiger partial charge on any atom is -0.497 e. The average Bonchev–Trinajstić information content (AvgIpc) is 3.23. The highest BCUT2D eigenvalue weighted by molar-refractivity contribution is 5.98. The largest absolute Gasteiger partial charge is 0.497 e. The number of amides is 2. The number of carbonyl (C=O) groups excluding carboxylic acids is 2. The van der Waals surface area contributed by atoms with E-state index >= 15 is 0 Å². The monoisotopic (exact) mass is 441 g/mol. The first-order chi connectivity index (χ1) is 16.0. The summed E-state index contributed by atoms with van der Waals surface area (Å²) < 4.78 is 5.18. The van der Waals surface area contributed by atoms with Gasteiger partial charge in [0.25, 0.3) is 5.91 Å². The molecule has 0 aliphatic rings. The summed E-state index contributed by atoms with van der Waals surface area (Å²) in [6.45, 7) is 1.99. The molecular weight excluding hydrogens is 414 g/mol. The first-order valence-corrected chi connectivity index (χ1v) is 10.8. The van der Waals surface area contributed by atoms with E-state index < -0.39 is 6.04 Å². The first kappa shape index (κ1) is 22.1. The van der Waals surface area contributed by atoms with Crippen LogP contribution in [0.3, 0.4) is 0 Å². The Balaban J connectivity index is 1.59. The zero-order valence-electron chi connectivity index (χ0n) is 19.0. The SMILES string of the molecule is COc1ccc(NC(=O)[C@@H](c2ccc(C)cc2)N(C)C(=O)Cc2c[nH]c3ccccc23)cc1. The van der Waals surface area contributed by atoms with Gasteiger partial charge >= 0.3 is 0 Å². The molecule has 1 atom stereocenters. The van der Waals surface area contributed by atoms with Gasteiger partial charge in [-0.25, -0.2) is 0 Å². The van der Waals surface area contributed by atoms with Crippen LogP contribution in [-0.2, 0) is 16.0 Å². The van der Waals surface area contributed by atoms with Gasteiger partial charge in [-0.05, 0) is 48.4 Å². The number of benzene rings is 3. The maximum Gasteiger partial charge on any atom is 0.251 e. The van der Waals surface area contributed by atoms with E-state index in [4.69, 9.17) is 4.74 Å². The van der Waals surface area contributed by atoms with E-state index in [1.165, 1.54) is 4.90 Å². The number of ether oxygens (including phenoxy) is 1. The van der Waals surface area contributed by atoms with E-state index in [2.05, 4.69) is 10.3 Å². The van der Waals surface area contributed by atoms with Gasteiger partial charge in [0.1, 0.15) is 11.8 Å². The highest BCUT2D eigenvalue weighted by Crippen LogP contribution is 2.25. The van der Waals surface area contributed by atoms with Gasteiger partial charge in [-0.15, -0.1) is 0 Å². The smallest absolute Gasteiger partial charge is 0.251 e. The first-order valence-electron chi connectivity index (χ1n) is 10.8. The third-order valence-electron chi connectivity index (χ3n) is 5.80. The van der Waals surface area contributed by atoms with E-state index in [0.717, 1.165) is 27.6 Å². The predicted molar refractivity (Wildman–Crippen MR) is 130 cm³/mol. The number of fused-ring (bicyclic) bond motifs is 1. The fraction of sp³-hybridized carbons (Fsp3) is 0.185. The number of carbonyl (C=O) groups is 2. The van der Waals surface area contributed by atoms with Crippen LogP contribution in [0.4, 0.5) is 5.69 Å². The topological polar surface area (TPSA) is 74.4 Å². The van der Waals surface area contributed by atoms with Crippen LogP contribution in [0.25, 0.3) is 10.9 Å². The lowest BCUT2D eigenvalue weighted by molar-refractivity contribution is -0.136. The molecule has 0 radical (unpaired) electrons. The van der Waals surface area contributed by atoms with Crippen LogP contribution in [0.2, 0.25) is 0 Å². The van der Waals surface area contributed by atoms with Gasteiger partial charge in [-0.2, -0.15) is 0 Å². The Bertz CT molecular complexity index is 1260. The molecule has 4 aromatic rings.